The van der Waals surface area contributed by atoms with E-state index in [1.54, 1.807) is 4.72 Å². The van der Waals surface area contributed by atoms with Gasteiger partial charge in [-0.25, -0.2) is 12.8 Å². The number of nitro groups is 1. The van der Waals surface area contributed by atoms with Gasteiger partial charge in [-0.15, -0.1) is 0 Å². The first-order valence-electron chi connectivity index (χ1n) is 5.49. The highest BCUT2D eigenvalue weighted by Gasteiger charge is 2.30. The number of aliphatic hydroxyl groups excluding tert-OH is 1. The molecule has 1 rings (SSSR count). The molecule has 11 heteroatoms. The van der Waals surface area contributed by atoms with E-state index in [0.29, 0.717) is 18.2 Å². The summed E-state index contributed by atoms with van der Waals surface area (Å²) in [4.78, 5) is 19.6. The second-order valence-corrected chi connectivity index (χ2v) is 5.58. The molecule has 0 aliphatic rings. The van der Waals surface area contributed by atoms with Crippen molar-refractivity contribution in [1.29, 1.82) is 0 Å². The number of hydrogen-bond donors (Lipinski definition) is 3. The molecule has 3 N–H and O–H groups in total. The van der Waals surface area contributed by atoms with Crippen molar-refractivity contribution in [2.75, 3.05) is 6.61 Å². The van der Waals surface area contributed by atoms with Gasteiger partial charge in [0.25, 0.3) is 5.69 Å². The summed E-state index contributed by atoms with van der Waals surface area (Å²) in [6.45, 7) is -0.606. The summed E-state index contributed by atoms with van der Waals surface area (Å²) in [6.07, 6.45) is -0.427. The lowest BCUT2D eigenvalue weighted by atomic mass is 10.2. The van der Waals surface area contributed by atoms with Gasteiger partial charge in [0.1, 0.15) is 11.9 Å². The fourth-order valence-electron chi connectivity index (χ4n) is 1.47. The zero-order valence-corrected chi connectivity index (χ0v) is 11.2. The molecule has 0 aliphatic carbocycles. The molecule has 9 nitrogen and oxygen atoms in total. The van der Waals surface area contributed by atoms with Crippen LogP contribution in [-0.2, 0) is 14.8 Å². The molecule has 21 heavy (non-hydrogen) atoms. The van der Waals surface area contributed by atoms with Gasteiger partial charge < -0.3 is 10.2 Å². The third-order valence-corrected chi connectivity index (χ3v) is 3.94. The van der Waals surface area contributed by atoms with Gasteiger partial charge in [0.05, 0.1) is 11.0 Å². The highest BCUT2D eigenvalue weighted by molar-refractivity contribution is 7.89. The van der Waals surface area contributed by atoms with E-state index in [-0.39, 0.29) is 0 Å². The summed E-state index contributed by atoms with van der Waals surface area (Å²) >= 11 is 0. The van der Waals surface area contributed by atoms with E-state index in [2.05, 4.69) is 0 Å². The first-order valence-corrected chi connectivity index (χ1v) is 6.97. The van der Waals surface area contributed by atoms with Crippen molar-refractivity contribution in [2.24, 2.45) is 0 Å². The molecule has 0 aliphatic heterocycles. The van der Waals surface area contributed by atoms with Crippen LogP contribution < -0.4 is 4.72 Å². The van der Waals surface area contributed by atoms with Crippen LogP contribution in [0.1, 0.15) is 6.42 Å². The summed E-state index contributed by atoms with van der Waals surface area (Å²) < 4.78 is 38.6. The van der Waals surface area contributed by atoms with Gasteiger partial charge in [-0.3, -0.25) is 14.9 Å². The molecule has 0 bridgehead atoms. The van der Waals surface area contributed by atoms with Crippen LogP contribution in [0.25, 0.3) is 0 Å². The highest BCUT2D eigenvalue weighted by Crippen LogP contribution is 2.24. The number of aliphatic hydroxyl groups is 1. The first-order chi connectivity index (χ1) is 9.69. The Balaban J connectivity index is 3.25. The van der Waals surface area contributed by atoms with Crippen molar-refractivity contribution in [1.82, 2.24) is 4.72 Å². The number of nitrogens with zero attached hydrogens (tertiary/aromatic N) is 1. The van der Waals surface area contributed by atoms with Crippen LogP contribution >= 0.6 is 0 Å². The van der Waals surface area contributed by atoms with Gasteiger partial charge in [-0.05, 0) is 18.6 Å². The van der Waals surface area contributed by atoms with E-state index in [9.17, 15) is 27.7 Å². The average molecular weight is 322 g/mol. The molecule has 1 aromatic carbocycles. The number of carboxylic acid groups (broad SMARTS) is 1. The first kappa shape index (κ1) is 16.9. The van der Waals surface area contributed by atoms with Crippen molar-refractivity contribution in [3.05, 3.63) is 34.1 Å². The largest absolute Gasteiger partial charge is 0.480 e. The van der Waals surface area contributed by atoms with Gasteiger partial charge in [0.15, 0.2) is 4.90 Å². The quantitative estimate of drug-likeness (QED) is 0.467. The number of hydrogen-bond acceptors (Lipinski definition) is 6. The zero-order valence-electron chi connectivity index (χ0n) is 10.4. The molecule has 0 saturated heterocycles. The number of carbonyl (C=O) groups is 1. The SMILES string of the molecule is O=C(O)C(CCO)NS(=O)(=O)c1ccc(F)cc1[N+](=O)[O-]. The molecule has 1 aromatic rings. The fraction of sp³-hybridized carbons (Fsp3) is 0.300. The smallest absolute Gasteiger partial charge is 0.321 e. The predicted molar refractivity (Wildman–Crippen MR) is 66.5 cm³/mol. The van der Waals surface area contributed by atoms with E-state index < -0.39 is 56.4 Å². The Hall–Kier alpha value is -2.11. The second-order valence-electron chi connectivity index (χ2n) is 3.89. The van der Waals surface area contributed by atoms with Gasteiger partial charge >= 0.3 is 5.97 Å². The van der Waals surface area contributed by atoms with Crippen molar-refractivity contribution in [3.8, 4) is 0 Å². The Morgan fingerprint density at radius 2 is 2.10 bits per heavy atom. The van der Waals surface area contributed by atoms with Crippen molar-refractivity contribution >= 4 is 21.7 Å². The van der Waals surface area contributed by atoms with Crippen LogP contribution in [0.2, 0.25) is 0 Å². The third-order valence-electron chi connectivity index (χ3n) is 2.42. The van der Waals surface area contributed by atoms with Gasteiger partial charge in [-0.2, -0.15) is 4.72 Å². The number of halogens is 1. The Labute approximate surface area is 118 Å². The average Bonchev–Trinajstić information content (AvgIpc) is 2.37. The lowest BCUT2D eigenvalue weighted by Gasteiger charge is -2.13. The highest BCUT2D eigenvalue weighted by atomic mass is 32.2. The minimum Gasteiger partial charge on any atom is -0.480 e. The van der Waals surface area contributed by atoms with Crippen LogP contribution in [0.3, 0.4) is 0 Å². The Morgan fingerprint density at radius 1 is 1.48 bits per heavy atom. The van der Waals surface area contributed by atoms with E-state index >= 15 is 0 Å². The maximum atomic E-state index is 13.0. The van der Waals surface area contributed by atoms with Crippen LogP contribution in [-0.4, -0.2) is 42.2 Å². The molecule has 0 fully saturated rings. The monoisotopic (exact) mass is 322 g/mol. The molecule has 0 amide bonds. The molecule has 1 unspecified atom stereocenters. The normalized spacial score (nSPS) is 12.9. The van der Waals surface area contributed by atoms with Crippen molar-refractivity contribution in [3.63, 3.8) is 0 Å². The number of aliphatic carboxylic acids is 1. The Bertz CT molecular complexity index is 661. The van der Waals surface area contributed by atoms with E-state index in [1.165, 1.54) is 0 Å². The number of sulfonamides is 1. The van der Waals surface area contributed by atoms with Crippen LogP contribution in [0.5, 0.6) is 0 Å². The summed E-state index contributed by atoms with van der Waals surface area (Å²) in [5.41, 5.74) is -1.02. The predicted octanol–water partition coefficient (Wildman–Crippen LogP) is -0.152. The molecule has 0 heterocycles. The molecule has 116 valence electrons. The maximum absolute atomic E-state index is 13.0. The van der Waals surface area contributed by atoms with E-state index in [1.807, 2.05) is 0 Å². The molecular formula is C10H11FN2O7S. The van der Waals surface area contributed by atoms with Crippen molar-refractivity contribution in [2.45, 2.75) is 17.4 Å². The topological polar surface area (TPSA) is 147 Å². The number of benzene rings is 1. The van der Waals surface area contributed by atoms with Crippen LogP contribution in [0, 0.1) is 15.9 Å². The Kier molecular flexibility index (Phi) is 5.29. The summed E-state index contributed by atoms with van der Waals surface area (Å²) in [5, 5.41) is 28.2. The molecule has 0 radical (unpaired) electrons. The van der Waals surface area contributed by atoms with E-state index in [4.69, 9.17) is 10.2 Å². The lowest BCUT2D eigenvalue weighted by Crippen LogP contribution is -2.41. The standard InChI is InChI=1S/C10H11FN2O7S/c11-6-1-2-9(8(5-6)13(17)18)21(19,20)12-7(3-4-14)10(15)16/h1-2,5,7,12,14H,3-4H2,(H,15,16). The van der Waals surface area contributed by atoms with E-state index in [0.717, 1.165) is 0 Å². The number of nitrogens with one attached hydrogen (secondary N) is 1. The van der Waals surface area contributed by atoms with Crippen LogP contribution in [0.15, 0.2) is 23.1 Å². The molecule has 0 saturated carbocycles. The minimum atomic E-state index is -4.57. The second kappa shape index (κ2) is 6.56. The minimum absolute atomic E-state index is 0.413. The lowest BCUT2D eigenvalue weighted by molar-refractivity contribution is -0.388. The van der Waals surface area contributed by atoms with Crippen molar-refractivity contribution < 1.29 is 32.7 Å². The third kappa shape index (κ3) is 4.18. The summed E-state index contributed by atoms with van der Waals surface area (Å²) in [7, 11) is -4.57. The number of carboxylic acids is 1. The van der Waals surface area contributed by atoms with Gasteiger partial charge in [0, 0.05) is 6.61 Å². The van der Waals surface area contributed by atoms with Crippen LogP contribution in [0.4, 0.5) is 10.1 Å². The number of nitro benzene ring substituents is 1. The number of rotatable bonds is 7. The van der Waals surface area contributed by atoms with Gasteiger partial charge in [0.2, 0.25) is 10.0 Å². The Morgan fingerprint density at radius 3 is 2.57 bits per heavy atom. The molecule has 0 aromatic heterocycles. The summed E-state index contributed by atoms with van der Waals surface area (Å²) in [5.74, 6) is -2.57. The maximum Gasteiger partial charge on any atom is 0.321 e. The molecule has 1 atom stereocenters. The fourth-order valence-corrected chi connectivity index (χ4v) is 2.85. The molecular weight excluding hydrogens is 311 g/mol. The molecule has 0 spiro atoms. The summed E-state index contributed by atoms with van der Waals surface area (Å²) in [6, 6.07) is 0.109. The zero-order chi connectivity index (χ0) is 16.2. The van der Waals surface area contributed by atoms with Gasteiger partial charge in [-0.1, -0.05) is 0 Å².